The molecule has 0 heterocycles. The monoisotopic (exact) mass is 219 g/mol. The molecular formula is C14H21NO. The van der Waals surface area contributed by atoms with Crippen LogP contribution in [0, 0.1) is 5.92 Å². The van der Waals surface area contributed by atoms with Gasteiger partial charge in [0.25, 0.3) is 0 Å². The molecule has 0 amide bonds. The Kier molecular flexibility index (Phi) is 3.83. The number of benzene rings is 1. The summed E-state index contributed by atoms with van der Waals surface area (Å²) in [6.45, 7) is 3.85. The molecule has 0 aromatic heterocycles. The summed E-state index contributed by atoms with van der Waals surface area (Å²) in [6, 6.07) is 8.46. The third-order valence-electron chi connectivity index (χ3n) is 3.23. The molecule has 1 aliphatic rings. The fourth-order valence-corrected chi connectivity index (χ4v) is 1.81. The van der Waals surface area contributed by atoms with Crippen molar-refractivity contribution >= 4 is 0 Å². The molecule has 2 rings (SSSR count). The first-order valence-electron chi connectivity index (χ1n) is 6.22. The van der Waals surface area contributed by atoms with E-state index in [9.17, 15) is 0 Å². The van der Waals surface area contributed by atoms with Crippen molar-refractivity contribution in [1.29, 1.82) is 0 Å². The van der Waals surface area contributed by atoms with E-state index in [0.717, 1.165) is 31.2 Å². The first kappa shape index (κ1) is 11.5. The minimum Gasteiger partial charge on any atom is -0.493 e. The topological polar surface area (TPSA) is 35.2 Å². The van der Waals surface area contributed by atoms with Crippen molar-refractivity contribution in [2.75, 3.05) is 13.2 Å². The van der Waals surface area contributed by atoms with Gasteiger partial charge in [0.05, 0.1) is 6.61 Å². The molecule has 2 heteroatoms. The van der Waals surface area contributed by atoms with E-state index in [2.05, 4.69) is 31.2 Å². The molecule has 1 aromatic carbocycles. The average Bonchev–Trinajstić information content (AvgIpc) is 3.11. The van der Waals surface area contributed by atoms with Gasteiger partial charge in [0, 0.05) is 0 Å². The van der Waals surface area contributed by atoms with Crippen molar-refractivity contribution in [2.45, 2.75) is 32.1 Å². The SMILES string of the molecule is CC(CCN)c1ccc(OCC2CC2)cc1. The van der Waals surface area contributed by atoms with Gasteiger partial charge in [0.2, 0.25) is 0 Å². The van der Waals surface area contributed by atoms with Gasteiger partial charge >= 0.3 is 0 Å². The van der Waals surface area contributed by atoms with Gasteiger partial charge in [-0.15, -0.1) is 0 Å². The minimum absolute atomic E-state index is 0.544. The van der Waals surface area contributed by atoms with E-state index in [1.807, 2.05) is 0 Å². The maximum absolute atomic E-state index is 5.70. The highest BCUT2D eigenvalue weighted by Crippen LogP contribution is 2.30. The summed E-state index contributed by atoms with van der Waals surface area (Å²) in [5.74, 6) is 2.36. The highest BCUT2D eigenvalue weighted by atomic mass is 16.5. The summed E-state index contributed by atoms with van der Waals surface area (Å²) in [6.07, 6.45) is 3.72. The maximum atomic E-state index is 5.70. The van der Waals surface area contributed by atoms with Gasteiger partial charge in [-0.1, -0.05) is 19.1 Å². The third-order valence-corrected chi connectivity index (χ3v) is 3.23. The lowest BCUT2D eigenvalue weighted by Crippen LogP contribution is -2.04. The molecule has 0 aliphatic heterocycles. The van der Waals surface area contributed by atoms with Crippen LogP contribution in [0.5, 0.6) is 5.75 Å². The van der Waals surface area contributed by atoms with Crippen molar-refractivity contribution in [3.8, 4) is 5.75 Å². The second-order valence-electron chi connectivity index (χ2n) is 4.80. The van der Waals surface area contributed by atoms with E-state index < -0.39 is 0 Å². The van der Waals surface area contributed by atoms with Crippen molar-refractivity contribution < 1.29 is 4.74 Å². The molecular weight excluding hydrogens is 198 g/mol. The van der Waals surface area contributed by atoms with Gasteiger partial charge in [-0.2, -0.15) is 0 Å². The van der Waals surface area contributed by atoms with Crippen molar-refractivity contribution in [3.05, 3.63) is 29.8 Å². The largest absolute Gasteiger partial charge is 0.493 e. The smallest absolute Gasteiger partial charge is 0.119 e. The Labute approximate surface area is 97.8 Å². The van der Waals surface area contributed by atoms with E-state index >= 15 is 0 Å². The molecule has 1 fully saturated rings. The zero-order chi connectivity index (χ0) is 11.4. The van der Waals surface area contributed by atoms with Crippen molar-refractivity contribution in [1.82, 2.24) is 0 Å². The van der Waals surface area contributed by atoms with Crippen LogP contribution >= 0.6 is 0 Å². The van der Waals surface area contributed by atoms with Gasteiger partial charge in [-0.25, -0.2) is 0 Å². The molecule has 1 aromatic rings. The van der Waals surface area contributed by atoms with Crippen LogP contribution in [0.1, 0.15) is 37.7 Å². The molecule has 0 saturated heterocycles. The molecule has 1 saturated carbocycles. The number of ether oxygens (including phenoxy) is 1. The Morgan fingerprint density at radius 1 is 1.31 bits per heavy atom. The van der Waals surface area contributed by atoms with Crippen LogP contribution in [0.15, 0.2) is 24.3 Å². The van der Waals surface area contributed by atoms with E-state index in [-0.39, 0.29) is 0 Å². The van der Waals surface area contributed by atoms with E-state index in [1.54, 1.807) is 0 Å². The Bertz CT molecular complexity index is 316. The molecule has 2 nitrogen and oxygen atoms in total. The van der Waals surface area contributed by atoms with Crippen LogP contribution in [-0.2, 0) is 0 Å². The standard InChI is InChI=1S/C14H21NO/c1-11(8-9-15)13-4-6-14(7-5-13)16-10-12-2-3-12/h4-7,11-12H,2-3,8-10,15H2,1H3. The Hall–Kier alpha value is -1.02. The van der Waals surface area contributed by atoms with E-state index in [4.69, 9.17) is 10.5 Å². The predicted octanol–water partition coefficient (Wildman–Crippen LogP) is 2.93. The van der Waals surface area contributed by atoms with Crippen molar-refractivity contribution in [2.24, 2.45) is 11.7 Å². The van der Waals surface area contributed by atoms with Gasteiger partial charge in [0.15, 0.2) is 0 Å². The molecule has 88 valence electrons. The molecule has 2 N–H and O–H groups in total. The fraction of sp³-hybridized carbons (Fsp3) is 0.571. The Balaban J connectivity index is 1.87. The molecule has 0 bridgehead atoms. The van der Waals surface area contributed by atoms with E-state index in [1.165, 1.54) is 18.4 Å². The summed E-state index contributed by atoms with van der Waals surface area (Å²) in [7, 11) is 0. The Morgan fingerprint density at radius 3 is 2.56 bits per heavy atom. The first-order chi connectivity index (χ1) is 7.79. The number of rotatable bonds is 6. The molecule has 0 spiro atoms. The molecule has 0 radical (unpaired) electrons. The lowest BCUT2D eigenvalue weighted by atomic mass is 9.98. The Morgan fingerprint density at radius 2 is 2.00 bits per heavy atom. The van der Waals surface area contributed by atoms with E-state index in [0.29, 0.717) is 5.92 Å². The molecule has 16 heavy (non-hydrogen) atoms. The highest BCUT2D eigenvalue weighted by molar-refractivity contribution is 5.29. The lowest BCUT2D eigenvalue weighted by molar-refractivity contribution is 0.299. The van der Waals surface area contributed by atoms with Crippen LogP contribution < -0.4 is 10.5 Å². The molecule has 1 aliphatic carbocycles. The second-order valence-corrected chi connectivity index (χ2v) is 4.80. The maximum Gasteiger partial charge on any atom is 0.119 e. The fourth-order valence-electron chi connectivity index (χ4n) is 1.81. The molecule has 1 unspecified atom stereocenters. The van der Waals surface area contributed by atoms with Crippen LogP contribution in [-0.4, -0.2) is 13.2 Å². The number of nitrogens with two attached hydrogens (primary N) is 1. The predicted molar refractivity (Wildman–Crippen MR) is 66.7 cm³/mol. The normalized spacial score (nSPS) is 17.1. The summed E-state index contributed by atoms with van der Waals surface area (Å²) in [5, 5.41) is 0. The first-order valence-corrected chi connectivity index (χ1v) is 6.22. The minimum atomic E-state index is 0.544. The van der Waals surface area contributed by atoms with Crippen LogP contribution in [0.25, 0.3) is 0 Å². The van der Waals surface area contributed by atoms with Crippen LogP contribution in [0.3, 0.4) is 0 Å². The van der Waals surface area contributed by atoms with Gasteiger partial charge in [0.1, 0.15) is 5.75 Å². The number of hydrogen-bond donors (Lipinski definition) is 1. The average molecular weight is 219 g/mol. The van der Waals surface area contributed by atoms with Crippen LogP contribution in [0.4, 0.5) is 0 Å². The summed E-state index contributed by atoms with van der Waals surface area (Å²) in [4.78, 5) is 0. The second kappa shape index (κ2) is 5.35. The zero-order valence-corrected chi connectivity index (χ0v) is 9.99. The quantitative estimate of drug-likeness (QED) is 0.798. The van der Waals surface area contributed by atoms with Crippen LogP contribution in [0.2, 0.25) is 0 Å². The molecule has 1 atom stereocenters. The van der Waals surface area contributed by atoms with Crippen molar-refractivity contribution in [3.63, 3.8) is 0 Å². The highest BCUT2D eigenvalue weighted by Gasteiger charge is 2.21. The number of hydrogen-bond acceptors (Lipinski definition) is 2. The zero-order valence-electron chi connectivity index (χ0n) is 9.99. The summed E-state index contributed by atoms with van der Waals surface area (Å²) >= 11 is 0. The van der Waals surface area contributed by atoms with Gasteiger partial charge in [-0.3, -0.25) is 0 Å². The van der Waals surface area contributed by atoms with Gasteiger partial charge in [-0.05, 0) is 55.3 Å². The third kappa shape index (κ3) is 3.24. The summed E-state index contributed by atoms with van der Waals surface area (Å²) < 4.78 is 5.70. The summed E-state index contributed by atoms with van der Waals surface area (Å²) in [5.41, 5.74) is 6.91. The lowest BCUT2D eigenvalue weighted by Gasteiger charge is -2.11. The van der Waals surface area contributed by atoms with Gasteiger partial charge < -0.3 is 10.5 Å².